The third-order valence-electron chi connectivity index (χ3n) is 2.94. The van der Waals surface area contributed by atoms with E-state index in [1.165, 1.54) is 12.0 Å². The maximum absolute atomic E-state index is 12.0. The topological polar surface area (TPSA) is 38.3 Å². The van der Waals surface area contributed by atoms with E-state index in [2.05, 4.69) is 27.3 Å². The SMILES string of the molecule is COC(=O)C(C)(CCSc1ccccc1Br)NC(C)C. The molecule has 1 aromatic rings. The first-order chi connectivity index (χ1) is 9.39. The van der Waals surface area contributed by atoms with E-state index in [9.17, 15) is 4.79 Å². The monoisotopic (exact) mass is 359 g/mol. The lowest BCUT2D eigenvalue weighted by Crippen LogP contribution is -2.53. The van der Waals surface area contributed by atoms with Crippen LogP contribution in [0.4, 0.5) is 0 Å². The Bertz CT molecular complexity index is 453. The first kappa shape index (κ1) is 17.5. The highest BCUT2D eigenvalue weighted by molar-refractivity contribution is 9.10. The van der Waals surface area contributed by atoms with Gasteiger partial charge in [0.25, 0.3) is 0 Å². The first-order valence-electron chi connectivity index (χ1n) is 6.62. The number of ether oxygens (including phenoxy) is 1. The summed E-state index contributed by atoms with van der Waals surface area (Å²) in [7, 11) is 1.43. The molecule has 0 saturated heterocycles. The molecule has 0 aromatic heterocycles. The molecular formula is C15H22BrNO2S. The van der Waals surface area contributed by atoms with Crippen LogP contribution in [0.1, 0.15) is 27.2 Å². The molecule has 0 spiro atoms. The second-order valence-electron chi connectivity index (χ2n) is 5.15. The molecule has 0 heterocycles. The second kappa shape index (κ2) is 8.05. The molecule has 5 heteroatoms. The van der Waals surface area contributed by atoms with Crippen LogP contribution in [0.3, 0.4) is 0 Å². The highest BCUT2D eigenvalue weighted by atomic mass is 79.9. The Labute approximate surface area is 134 Å². The largest absolute Gasteiger partial charge is 0.468 e. The maximum Gasteiger partial charge on any atom is 0.325 e. The van der Waals surface area contributed by atoms with Crippen LogP contribution in [0.25, 0.3) is 0 Å². The van der Waals surface area contributed by atoms with Gasteiger partial charge >= 0.3 is 5.97 Å². The van der Waals surface area contributed by atoms with E-state index in [1.807, 2.05) is 39.0 Å². The fourth-order valence-electron chi connectivity index (χ4n) is 2.02. The van der Waals surface area contributed by atoms with Crippen molar-refractivity contribution in [2.45, 2.75) is 43.7 Å². The summed E-state index contributed by atoms with van der Waals surface area (Å²) in [5.74, 6) is 0.632. The highest BCUT2D eigenvalue weighted by Gasteiger charge is 2.34. The number of benzene rings is 1. The number of thioether (sulfide) groups is 1. The van der Waals surface area contributed by atoms with Crippen LogP contribution in [0, 0.1) is 0 Å². The van der Waals surface area contributed by atoms with Crippen molar-refractivity contribution >= 4 is 33.7 Å². The number of halogens is 1. The smallest absolute Gasteiger partial charge is 0.325 e. The van der Waals surface area contributed by atoms with Gasteiger partial charge in [-0.15, -0.1) is 11.8 Å². The number of carbonyl (C=O) groups is 1. The molecular weight excluding hydrogens is 338 g/mol. The highest BCUT2D eigenvalue weighted by Crippen LogP contribution is 2.29. The van der Waals surface area contributed by atoms with Gasteiger partial charge in [0.1, 0.15) is 5.54 Å². The summed E-state index contributed by atoms with van der Waals surface area (Å²) >= 11 is 5.27. The van der Waals surface area contributed by atoms with Crippen molar-refractivity contribution < 1.29 is 9.53 Å². The Kier molecular flexibility index (Phi) is 7.06. The van der Waals surface area contributed by atoms with E-state index in [1.54, 1.807) is 11.8 Å². The molecule has 0 aliphatic carbocycles. The quantitative estimate of drug-likeness (QED) is 0.592. The van der Waals surface area contributed by atoms with Crippen molar-refractivity contribution in [2.24, 2.45) is 0 Å². The lowest BCUT2D eigenvalue weighted by molar-refractivity contribution is -0.148. The molecule has 1 aromatic carbocycles. The molecule has 1 N–H and O–H groups in total. The van der Waals surface area contributed by atoms with E-state index in [0.29, 0.717) is 6.42 Å². The van der Waals surface area contributed by atoms with E-state index in [0.717, 1.165) is 10.2 Å². The summed E-state index contributed by atoms with van der Waals surface area (Å²) in [5, 5.41) is 3.31. The number of esters is 1. The van der Waals surface area contributed by atoms with Crippen molar-refractivity contribution in [3.05, 3.63) is 28.7 Å². The van der Waals surface area contributed by atoms with Crippen LogP contribution < -0.4 is 5.32 Å². The average Bonchev–Trinajstić information content (AvgIpc) is 2.39. The molecule has 0 bridgehead atoms. The first-order valence-corrected chi connectivity index (χ1v) is 8.40. The molecule has 1 unspecified atom stereocenters. The summed E-state index contributed by atoms with van der Waals surface area (Å²) in [5.41, 5.74) is -0.642. The lowest BCUT2D eigenvalue weighted by atomic mass is 9.98. The third kappa shape index (κ3) is 5.11. The van der Waals surface area contributed by atoms with Crippen LogP contribution in [-0.4, -0.2) is 30.4 Å². The molecule has 0 aliphatic heterocycles. The van der Waals surface area contributed by atoms with Crippen molar-refractivity contribution in [3.63, 3.8) is 0 Å². The summed E-state index contributed by atoms with van der Waals surface area (Å²) in [6.07, 6.45) is 0.712. The van der Waals surface area contributed by atoms with Crippen LogP contribution >= 0.6 is 27.7 Å². The van der Waals surface area contributed by atoms with E-state index in [-0.39, 0.29) is 12.0 Å². The van der Waals surface area contributed by atoms with Gasteiger partial charge < -0.3 is 4.74 Å². The number of rotatable bonds is 7. The molecule has 0 saturated carbocycles. The molecule has 20 heavy (non-hydrogen) atoms. The standard InChI is InChI=1S/C15H22BrNO2S/c1-11(2)17-15(3,14(18)19-4)9-10-20-13-8-6-5-7-12(13)16/h5-8,11,17H,9-10H2,1-4H3. The molecule has 1 rings (SSSR count). The van der Waals surface area contributed by atoms with Crippen LogP contribution in [0.2, 0.25) is 0 Å². The molecule has 0 amide bonds. The number of hydrogen-bond donors (Lipinski definition) is 1. The number of hydrogen-bond acceptors (Lipinski definition) is 4. The van der Waals surface area contributed by atoms with Gasteiger partial charge in [-0.3, -0.25) is 10.1 Å². The van der Waals surface area contributed by atoms with Crippen molar-refractivity contribution in [2.75, 3.05) is 12.9 Å². The maximum atomic E-state index is 12.0. The zero-order valence-corrected chi connectivity index (χ0v) is 14.8. The summed E-state index contributed by atoms with van der Waals surface area (Å²) in [6.45, 7) is 5.96. The predicted octanol–water partition coefficient (Wildman–Crippen LogP) is 3.86. The van der Waals surface area contributed by atoms with E-state index in [4.69, 9.17) is 4.74 Å². The summed E-state index contributed by atoms with van der Waals surface area (Å²) in [6, 6.07) is 8.33. The van der Waals surface area contributed by atoms with Crippen LogP contribution in [0.5, 0.6) is 0 Å². The van der Waals surface area contributed by atoms with Gasteiger partial charge in [0.2, 0.25) is 0 Å². The second-order valence-corrected chi connectivity index (χ2v) is 7.14. The van der Waals surface area contributed by atoms with Crippen LogP contribution in [0.15, 0.2) is 33.6 Å². The van der Waals surface area contributed by atoms with Gasteiger partial charge in [-0.2, -0.15) is 0 Å². The molecule has 0 radical (unpaired) electrons. The minimum atomic E-state index is -0.642. The Balaban J connectivity index is 2.63. The predicted molar refractivity (Wildman–Crippen MR) is 88.2 cm³/mol. The fraction of sp³-hybridized carbons (Fsp3) is 0.533. The Morgan fingerprint density at radius 3 is 2.65 bits per heavy atom. The van der Waals surface area contributed by atoms with Crippen LogP contribution in [-0.2, 0) is 9.53 Å². The Hall–Kier alpha value is -0.520. The molecule has 0 fully saturated rings. The Morgan fingerprint density at radius 2 is 2.10 bits per heavy atom. The average molecular weight is 360 g/mol. The van der Waals surface area contributed by atoms with Gasteiger partial charge in [0.05, 0.1) is 7.11 Å². The molecule has 0 aliphatic rings. The molecule has 3 nitrogen and oxygen atoms in total. The normalized spacial score (nSPS) is 14.1. The summed E-state index contributed by atoms with van der Waals surface area (Å²) in [4.78, 5) is 13.2. The van der Waals surface area contributed by atoms with Gasteiger partial charge in [0, 0.05) is 21.2 Å². The van der Waals surface area contributed by atoms with Gasteiger partial charge in [-0.25, -0.2) is 0 Å². The van der Waals surface area contributed by atoms with Gasteiger partial charge in [-0.1, -0.05) is 12.1 Å². The van der Waals surface area contributed by atoms with Crippen molar-refractivity contribution in [1.29, 1.82) is 0 Å². The third-order valence-corrected chi connectivity index (χ3v) is 4.97. The molecule has 1 atom stereocenters. The summed E-state index contributed by atoms with van der Waals surface area (Å²) < 4.78 is 6.01. The van der Waals surface area contributed by atoms with Crippen molar-refractivity contribution in [3.8, 4) is 0 Å². The minimum absolute atomic E-state index is 0.209. The van der Waals surface area contributed by atoms with Gasteiger partial charge in [-0.05, 0) is 55.3 Å². The zero-order valence-electron chi connectivity index (χ0n) is 12.4. The fourth-order valence-corrected chi connectivity index (χ4v) is 3.76. The zero-order chi connectivity index (χ0) is 15.2. The van der Waals surface area contributed by atoms with Gasteiger partial charge in [0.15, 0.2) is 0 Å². The molecule has 112 valence electrons. The minimum Gasteiger partial charge on any atom is -0.468 e. The van der Waals surface area contributed by atoms with E-state index >= 15 is 0 Å². The number of carbonyl (C=O) groups excluding carboxylic acids is 1. The lowest BCUT2D eigenvalue weighted by Gasteiger charge is -2.30. The number of nitrogens with one attached hydrogen (secondary N) is 1. The Morgan fingerprint density at radius 1 is 1.45 bits per heavy atom. The van der Waals surface area contributed by atoms with E-state index < -0.39 is 5.54 Å². The number of methoxy groups -OCH3 is 1. The van der Waals surface area contributed by atoms with Crippen molar-refractivity contribution in [1.82, 2.24) is 5.32 Å².